The van der Waals surface area contributed by atoms with E-state index in [1.807, 2.05) is 22.6 Å². The zero-order valence-electron chi connectivity index (χ0n) is 2.57. The molecule has 0 bridgehead atoms. The largest absolute Gasteiger partial charge is 0.350 e. The lowest BCUT2D eigenvalue weighted by molar-refractivity contribution is -0.109. The number of halogens is 1. The molecule has 0 saturated carbocycles. The lowest BCUT2D eigenvalue weighted by atomic mass is 11.2. The molecule has 0 aliphatic carbocycles. The minimum Gasteiger partial charge on any atom is -0.350 e. The van der Waals surface area contributed by atoms with E-state index in [0.717, 1.165) is 0 Å². The molecule has 0 saturated heterocycles. The molecule has 0 heterocycles. The first-order valence-electron chi connectivity index (χ1n) is 1.15. The van der Waals surface area contributed by atoms with Crippen molar-refractivity contribution in [3.05, 3.63) is 0 Å². The summed E-state index contributed by atoms with van der Waals surface area (Å²) in [5, 5.41) is 2.42. The first-order chi connectivity index (χ1) is 2.41. The predicted octanol–water partition coefficient (Wildman–Crippen LogP) is 0.125. The molecule has 0 aromatic carbocycles. The van der Waals surface area contributed by atoms with Crippen molar-refractivity contribution in [2.24, 2.45) is 0 Å². The van der Waals surface area contributed by atoms with Gasteiger partial charge in [-0.3, -0.25) is 4.79 Å². The van der Waals surface area contributed by atoms with Crippen LogP contribution < -0.4 is 5.32 Å². The number of rotatable bonds is 2. The normalized spacial score (nSPS) is 6.60. The minimum atomic E-state index is 0.673. The molecule has 0 aliphatic rings. The smallest absolute Gasteiger partial charge is 0.207 e. The van der Waals surface area contributed by atoms with Crippen molar-refractivity contribution in [2.75, 3.05) is 4.55 Å². The number of alkyl halides is 1. The first kappa shape index (κ1) is 5.20. The van der Waals surface area contributed by atoms with E-state index >= 15 is 0 Å². The van der Waals surface area contributed by atoms with Crippen LogP contribution in [0.25, 0.3) is 0 Å². The Hall–Kier alpha value is 0.200. The molecule has 30 valence electrons. The highest BCUT2D eigenvalue weighted by atomic mass is 127. The average Bonchev–Trinajstić information content (AvgIpc) is 1.41. The fraction of sp³-hybridized carbons (Fsp3) is 0.500. The van der Waals surface area contributed by atoms with Crippen LogP contribution in [-0.4, -0.2) is 11.0 Å². The standard InChI is InChI=1S/C2H4INO/c3-1-4-2-5/h2H,1H2,(H,4,5). The molecule has 2 nitrogen and oxygen atoms in total. The Morgan fingerprint density at radius 3 is 2.60 bits per heavy atom. The van der Waals surface area contributed by atoms with Crippen molar-refractivity contribution in [1.29, 1.82) is 0 Å². The van der Waals surface area contributed by atoms with E-state index < -0.39 is 0 Å². The quantitative estimate of drug-likeness (QED) is 0.281. The van der Waals surface area contributed by atoms with Crippen LogP contribution in [0.5, 0.6) is 0 Å². The second-order valence-electron chi connectivity index (χ2n) is 0.456. The van der Waals surface area contributed by atoms with Crippen LogP contribution in [0.3, 0.4) is 0 Å². The summed E-state index contributed by atoms with van der Waals surface area (Å²) in [7, 11) is 0. The number of hydrogen-bond acceptors (Lipinski definition) is 1. The van der Waals surface area contributed by atoms with Crippen molar-refractivity contribution in [3.8, 4) is 0 Å². The van der Waals surface area contributed by atoms with Crippen molar-refractivity contribution in [1.82, 2.24) is 5.32 Å². The number of hydrogen-bond donors (Lipinski definition) is 1. The maximum absolute atomic E-state index is 9.29. The summed E-state index contributed by atoms with van der Waals surface area (Å²) in [6.45, 7) is 0. The van der Waals surface area contributed by atoms with Gasteiger partial charge in [0.25, 0.3) is 0 Å². The van der Waals surface area contributed by atoms with Gasteiger partial charge >= 0.3 is 0 Å². The summed E-state index contributed by atoms with van der Waals surface area (Å²) in [5.41, 5.74) is 0. The maximum atomic E-state index is 9.29. The van der Waals surface area contributed by atoms with Gasteiger partial charge < -0.3 is 5.32 Å². The van der Waals surface area contributed by atoms with Crippen molar-refractivity contribution < 1.29 is 4.79 Å². The highest BCUT2D eigenvalue weighted by molar-refractivity contribution is 14.1. The van der Waals surface area contributed by atoms with Gasteiger partial charge in [0.1, 0.15) is 0 Å². The molecule has 0 aliphatic heterocycles. The molecule has 1 amide bonds. The van der Waals surface area contributed by atoms with Crippen LogP contribution >= 0.6 is 22.6 Å². The summed E-state index contributed by atoms with van der Waals surface area (Å²) < 4.78 is 0.696. The van der Waals surface area contributed by atoms with Gasteiger partial charge in [0.2, 0.25) is 6.41 Å². The number of carbonyl (C=O) groups excluding carboxylic acids is 1. The maximum Gasteiger partial charge on any atom is 0.207 e. The molecule has 0 fully saturated rings. The summed E-state index contributed by atoms with van der Waals surface area (Å²) in [6.07, 6.45) is 0.673. The highest BCUT2D eigenvalue weighted by Gasteiger charge is 1.61. The first-order valence-corrected chi connectivity index (χ1v) is 2.67. The molecular weight excluding hydrogens is 181 g/mol. The third-order valence-electron chi connectivity index (χ3n) is 0.160. The van der Waals surface area contributed by atoms with Crippen LogP contribution in [0.15, 0.2) is 0 Å². The van der Waals surface area contributed by atoms with Crippen molar-refractivity contribution in [3.63, 3.8) is 0 Å². The summed E-state index contributed by atoms with van der Waals surface area (Å²) in [5.74, 6) is 0. The Labute approximate surface area is 44.1 Å². The molecule has 0 atom stereocenters. The topological polar surface area (TPSA) is 29.1 Å². The van der Waals surface area contributed by atoms with Gasteiger partial charge in [-0.2, -0.15) is 0 Å². The zero-order valence-corrected chi connectivity index (χ0v) is 4.73. The van der Waals surface area contributed by atoms with Gasteiger partial charge in [0, 0.05) is 0 Å². The Balaban J connectivity index is 2.40. The van der Waals surface area contributed by atoms with Crippen LogP contribution in [-0.2, 0) is 4.79 Å². The van der Waals surface area contributed by atoms with E-state index in [1.54, 1.807) is 0 Å². The number of carbonyl (C=O) groups is 1. The van der Waals surface area contributed by atoms with E-state index in [4.69, 9.17) is 0 Å². The second-order valence-corrected chi connectivity index (χ2v) is 1.22. The molecule has 0 radical (unpaired) electrons. The SMILES string of the molecule is O=CNCI. The summed E-state index contributed by atoms with van der Waals surface area (Å²) in [4.78, 5) is 9.29. The van der Waals surface area contributed by atoms with E-state index in [-0.39, 0.29) is 0 Å². The Morgan fingerprint density at radius 1 is 2.00 bits per heavy atom. The number of nitrogens with one attached hydrogen (secondary N) is 1. The van der Waals surface area contributed by atoms with E-state index in [9.17, 15) is 4.79 Å². The van der Waals surface area contributed by atoms with Crippen molar-refractivity contribution in [2.45, 2.75) is 0 Å². The van der Waals surface area contributed by atoms with E-state index in [1.165, 1.54) is 0 Å². The zero-order chi connectivity index (χ0) is 4.12. The molecule has 0 aromatic rings. The molecule has 0 aromatic heterocycles. The molecule has 0 spiro atoms. The fourth-order valence-corrected chi connectivity index (χ4v) is 0.211. The molecule has 5 heavy (non-hydrogen) atoms. The van der Waals surface area contributed by atoms with Gasteiger partial charge in [0.15, 0.2) is 0 Å². The average molecular weight is 185 g/mol. The summed E-state index contributed by atoms with van der Waals surface area (Å²) >= 11 is 2.05. The van der Waals surface area contributed by atoms with Gasteiger partial charge in [0.05, 0.1) is 4.55 Å². The van der Waals surface area contributed by atoms with E-state index in [0.29, 0.717) is 11.0 Å². The van der Waals surface area contributed by atoms with Crippen LogP contribution in [0, 0.1) is 0 Å². The molecular formula is C2H4INO. The van der Waals surface area contributed by atoms with Gasteiger partial charge in [-0.05, 0) is 0 Å². The highest BCUT2D eigenvalue weighted by Crippen LogP contribution is 1.66. The third-order valence-corrected chi connectivity index (χ3v) is 0.601. The second kappa shape index (κ2) is 4.20. The van der Waals surface area contributed by atoms with E-state index in [2.05, 4.69) is 5.32 Å². The van der Waals surface area contributed by atoms with Gasteiger partial charge in [-0.25, -0.2) is 0 Å². The molecule has 0 rings (SSSR count). The lowest BCUT2D eigenvalue weighted by Crippen LogP contribution is -2.04. The minimum absolute atomic E-state index is 0.673. The number of amides is 1. The van der Waals surface area contributed by atoms with Crippen molar-refractivity contribution >= 4 is 29.0 Å². The molecule has 0 unspecified atom stereocenters. The lowest BCUT2D eigenvalue weighted by Gasteiger charge is -1.76. The third kappa shape index (κ3) is 4.20. The van der Waals surface area contributed by atoms with Crippen LogP contribution in [0.4, 0.5) is 0 Å². The molecule has 1 N–H and O–H groups in total. The predicted molar refractivity (Wildman–Crippen MR) is 28.1 cm³/mol. The Morgan fingerprint density at radius 2 is 2.60 bits per heavy atom. The van der Waals surface area contributed by atoms with Gasteiger partial charge in [-0.15, -0.1) is 0 Å². The fourth-order valence-electron chi connectivity index (χ4n) is 0.0315. The molecule has 3 heteroatoms. The summed E-state index contributed by atoms with van der Waals surface area (Å²) in [6, 6.07) is 0. The monoisotopic (exact) mass is 185 g/mol. The van der Waals surface area contributed by atoms with Gasteiger partial charge in [-0.1, -0.05) is 22.6 Å². The Kier molecular flexibility index (Phi) is 4.37. The van der Waals surface area contributed by atoms with Crippen LogP contribution in [0.2, 0.25) is 0 Å². The van der Waals surface area contributed by atoms with Crippen LogP contribution in [0.1, 0.15) is 0 Å². The Bertz CT molecular complexity index is 30.8.